The maximum absolute atomic E-state index is 13.4. The predicted octanol–water partition coefficient (Wildman–Crippen LogP) is 3.79. The lowest BCUT2D eigenvalue weighted by atomic mass is 9.75. The highest BCUT2D eigenvalue weighted by atomic mass is 19.4. The van der Waals surface area contributed by atoms with E-state index in [0.717, 1.165) is 12.5 Å². The van der Waals surface area contributed by atoms with Gasteiger partial charge in [0.1, 0.15) is 5.75 Å². The van der Waals surface area contributed by atoms with E-state index in [1.807, 2.05) is 6.92 Å². The Morgan fingerprint density at radius 3 is 2.13 bits per heavy atom. The molecule has 1 heterocycles. The Kier molecular flexibility index (Phi) is 4.75. The molecule has 0 amide bonds. The smallest absolute Gasteiger partial charge is 0.494 e. The highest BCUT2D eigenvalue weighted by Gasteiger charge is 2.53. The van der Waals surface area contributed by atoms with Crippen LogP contribution in [0, 0.1) is 0 Å². The van der Waals surface area contributed by atoms with Gasteiger partial charge in [-0.05, 0) is 51.7 Å². The minimum absolute atomic E-state index is 0.0278. The minimum Gasteiger partial charge on any atom is -0.494 e. The summed E-state index contributed by atoms with van der Waals surface area (Å²) in [7, 11) is -1.06. The molecular formula is C16H22BF3O3. The fraction of sp³-hybridized carbons (Fsp3) is 0.625. The average Bonchev–Trinajstić information content (AvgIpc) is 2.64. The largest absolute Gasteiger partial charge is 0.495 e. The van der Waals surface area contributed by atoms with Gasteiger partial charge in [0.15, 0.2) is 0 Å². The van der Waals surface area contributed by atoms with E-state index in [1.54, 1.807) is 27.7 Å². The molecule has 0 saturated carbocycles. The van der Waals surface area contributed by atoms with Crippen molar-refractivity contribution in [2.24, 2.45) is 0 Å². The van der Waals surface area contributed by atoms with Crippen LogP contribution in [-0.2, 0) is 15.5 Å². The summed E-state index contributed by atoms with van der Waals surface area (Å²) in [6.45, 7) is 9.48. The van der Waals surface area contributed by atoms with Gasteiger partial charge in [-0.3, -0.25) is 0 Å². The van der Waals surface area contributed by atoms with Crippen LogP contribution in [0.2, 0.25) is 0 Å². The molecule has 1 aliphatic heterocycles. The second-order valence-corrected chi connectivity index (χ2v) is 6.68. The zero-order chi connectivity index (χ0) is 17.5. The van der Waals surface area contributed by atoms with E-state index in [2.05, 4.69) is 0 Å². The van der Waals surface area contributed by atoms with Gasteiger partial charge >= 0.3 is 13.3 Å². The molecule has 0 bridgehead atoms. The molecule has 0 aromatic heterocycles. The number of hydrogen-bond acceptors (Lipinski definition) is 3. The number of halogens is 3. The van der Waals surface area contributed by atoms with E-state index in [9.17, 15) is 13.2 Å². The van der Waals surface area contributed by atoms with E-state index in [1.165, 1.54) is 12.1 Å². The molecule has 0 atom stereocenters. The zero-order valence-electron chi connectivity index (χ0n) is 14.1. The molecule has 1 fully saturated rings. The van der Waals surface area contributed by atoms with Gasteiger partial charge < -0.3 is 14.0 Å². The molecule has 0 radical (unpaired) electrons. The lowest BCUT2D eigenvalue weighted by Gasteiger charge is -2.32. The minimum atomic E-state index is -4.51. The van der Waals surface area contributed by atoms with E-state index in [-0.39, 0.29) is 11.2 Å². The summed E-state index contributed by atoms with van der Waals surface area (Å²) >= 11 is 0. The van der Waals surface area contributed by atoms with Crippen LogP contribution in [0.15, 0.2) is 18.2 Å². The molecule has 1 aromatic carbocycles. The molecule has 0 unspecified atom stereocenters. The number of ether oxygens (including phenoxy) is 1. The van der Waals surface area contributed by atoms with Crippen LogP contribution in [-0.4, -0.2) is 24.9 Å². The topological polar surface area (TPSA) is 27.7 Å². The van der Waals surface area contributed by atoms with Gasteiger partial charge in [-0.25, -0.2) is 0 Å². The molecule has 2 rings (SSSR count). The quantitative estimate of drug-likeness (QED) is 0.786. The van der Waals surface area contributed by atoms with Crippen LogP contribution in [0.1, 0.15) is 46.6 Å². The molecule has 7 heteroatoms. The van der Waals surface area contributed by atoms with Crippen molar-refractivity contribution in [3.8, 4) is 5.75 Å². The molecule has 1 saturated heterocycles. The van der Waals surface area contributed by atoms with E-state index >= 15 is 0 Å². The van der Waals surface area contributed by atoms with Crippen molar-refractivity contribution in [2.45, 2.75) is 58.4 Å². The van der Waals surface area contributed by atoms with Crippen LogP contribution >= 0.6 is 0 Å². The van der Waals surface area contributed by atoms with Crippen LogP contribution in [0.4, 0.5) is 13.2 Å². The molecule has 0 aliphatic carbocycles. The Balaban J connectivity index is 2.39. The highest BCUT2D eigenvalue weighted by Crippen LogP contribution is 2.38. The zero-order valence-corrected chi connectivity index (χ0v) is 14.1. The van der Waals surface area contributed by atoms with E-state index in [4.69, 9.17) is 14.0 Å². The van der Waals surface area contributed by atoms with Crippen LogP contribution in [0.25, 0.3) is 0 Å². The average molecular weight is 330 g/mol. The predicted molar refractivity (Wildman–Crippen MR) is 82.9 cm³/mol. The third-order valence-electron chi connectivity index (χ3n) is 4.31. The number of alkyl halides is 3. The Morgan fingerprint density at radius 2 is 1.65 bits per heavy atom. The summed E-state index contributed by atoms with van der Waals surface area (Å²) in [6, 6.07) is 3.90. The summed E-state index contributed by atoms with van der Waals surface area (Å²) in [5, 5.41) is 0. The molecule has 1 aromatic rings. The molecule has 3 nitrogen and oxygen atoms in total. The first-order valence-electron chi connectivity index (χ1n) is 7.67. The highest BCUT2D eigenvalue weighted by molar-refractivity contribution is 6.62. The van der Waals surface area contributed by atoms with Gasteiger partial charge in [0.25, 0.3) is 0 Å². The molecule has 23 heavy (non-hydrogen) atoms. The first-order chi connectivity index (χ1) is 10.5. The van der Waals surface area contributed by atoms with Crippen LogP contribution in [0.5, 0.6) is 5.75 Å². The Morgan fingerprint density at radius 1 is 1.09 bits per heavy atom. The fourth-order valence-electron chi connectivity index (χ4n) is 2.27. The maximum atomic E-state index is 13.4. The summed E-state index contributed by atoms with van der Waals surface area (Å²) < 4.78 is 57.1. The van der Waals surface area contributed by atoms with Gasteiger partial charge in [0, 0.05) is 0 Å². The van der Waals surface area contributed by atoms with Crippen molar-refractivity contribution in [2.75, 3.05) is 6.61 Å². The molecule has 1 aliphatic rings. The Hall–Kier alpha value is -1.21. The van der Waals surface area contributed by atoms with Crippen molar-refractivity contribution >= 4 is 12.6 Å². The van der Waals surface area contributed by atoms with Crippen molar-refractivity contribution in [1.82, 2.24) is 0 Å². The van der Waals surface area contributed by atoms with E-state index in [0.29, 0.717) is 6.61 Å². The Bertz CT molecular complexity index is 554. The van der Waals surface area contributed by atoms with Gasteiger partial charge in [-0.1, -0.05) is 13.0 Å². The van der Waals surface area contributed by atoms with Gasteiger partial charge in [-0.2, -0.15) is 13.2 Å². The summed E-state index contributed by atoms with van der Waals surface area (Å²) in [5.41, 5.74) is -2.21. The summed E-state index contributed by atoms with van der Waals surface area (Å²) in [6.07, 6.45) is -3.79. The molecular weight excluding hydrogens is 308 g/mol. The van der Waals surface area contributed by atoms with Gasteiger partial charge in [-0.15, -0.1) is 0 Å². The van der Waals surface area contributed by atoms with Crippen molar-refractivity contribution in [3.63, 3.8) is 0 Å². The Labute approximate surface area is 135 Å². The maximum Gasteiger partial charge on any atom is 0.495 e. The number of hydrogen-bond donors (Lipinski definition) is 0. The molecule has 0 spiro atoms. The fourth-order valence-corrected chi connectivity index (χ4v) is 2.27. The number of rotatable bonds is 4. The van der Waals surface area contributed by atoms with Crippen LogP contribution in [0.3, 0.4) is 0 Å². The van der Waals surface area contributed by atoms with Gasteiger partial charge in [0.2, 0.25) is 0 Å². The first-order valence-corrected chi connectivity index (χ1v) is 7.67. The van der Waals surface area contributed by atoms with Crippen LogP contribution < -0.4 is 10.2 Å². The SMILES string of the molecule is CCCOc1ccc(B2OC(C)(C)C(C)(C)O2)c(C(F)(F)F)c1. The third kappa shape index (κ3) is 3.66. The molecule has 128 valence electrons. The third-order valence-corrected chi connectivity index (χ3v) is 4.31. The van der Waals surface area contributed by atoms with Crippen molar-refractivity contribution in [3.05, 3.63) is 23.8 Å². The summed E-state index contributed by atoms with van der Waals surface area (Å²) in [4.78, 5) is 0. The van der Waals surface area contributed by atoms with Crippen molar-refractivity contribution in [1.29, 1.82) is 0 Å². The second-order valence-electron chi connectivity index (χ2n) is 6.68. The van der Waals surface area contributed by atoms with E-state index < -0.39 is 30.1 Å². The normalized spacial score (nSPS) is 19.9. The molecule has 0 N–H and O–H groups in total. The second kappa shape index (κ2) is 6.02. The monoisotopic (exact) mass is 330 g/mol. The first kappa shape index (κ1) is 18.1. The summed E-state index contributed by atoms with van der Waals surface area (Å²) in [5.74, 6) is 0.194. The lowest BCUT2D eigenvalue weighted by molar-refractivity contribution is -0.137. The lowest BCUT2D eigenvalue weighted by Crippen LogP contribution is -2.41. The standard InChI is InChI=1S/C16H22BF3O3/c1-6-9-21-11-7-8-13(12(10-11)16(18,19)20)17-22-14(2,3)15(4,5)23-17/h7-8,10H,6,9H2,1-5H3. The van der Waals surface area contributed by atoms with Gasteiger partial charge in [0.05, 0.1) is 23.4 Å². The van der Waals surface area contributed by atoms with Crippen molar-refractivity contribution < 1.29 is 27.2 Å². The number of benzene rings is 1.